The van der Waals surface area contributed by atoms with Gasteiger partial charge < -0.3 is 5.73 Å². The molecule has 0 saturated carbocycles. The molecule has 0 spiro atoms. The number of carbonyl (C=O) groups excluding carboxylic acids is 1. The first-order valence-electron chi connectivity index (χ1n) is 6.27. The van der Waals surface area contributed by atoms with Gasteiger partial charge in [-0.25, -0.2) is 9.36 Å². The Labute approximate surface area is 125 Å². The fourth-order valence-electron chi connectivity index (χ4n) is 1.93. The second-order valence-corrected chi connectivity index (χ2v) is 5.24. The molecular weight excluding hydrogens is 294 g/mol. The molecule has 1 heterocycles. The molecular formula is C14H14ClN3O3. The molecule has 2 N–H and O–H groups in total. The predicted molar refractivity (Wildman–Crippen MR) is 80.2 cm³/mol. The number of halogens is 1. The molecule has 0 aliphatic carbocycles. The van der Waals surface area contributed by atoms with E-state index >= 15 is 0 Å². The fourth-order valence-corrected chi connectivity index (χ4v) is 2.06. The van der Waals surface area contributed by atoms with Gasteiger partial charge in [-0.3, -0.25) is 14.2 Å². The summed E-state index contributed by atoms with van der Waals surface area (Å²) >= 11 is 5.80. The van der Waals surface area contributed by atoms with E-state index in [1.807, 2.05) is 0 Å². The van der Waals surface area contributed by atoms with Crippen molar-refractivity contribution in [3.8, 4) is 5.69 Å². The Hall–Kier alpha value is -2.34. The molecule has 0 bridgehead atoms. The summed E-state index contributed by atoms with van der Waals surface area (Å²) in [7, 11) is 0. The maximum absolute atomic E-state index is 12.4. The molecule has 2 aromatic rings. The van der Waals surface area contributed by atoms with Gasteiger partial charge in [0.2, 0.25) is 0 Å². The van der Waals surface area contributed by atoms with E-state index in [1.54, 1.807) is 26.0 Å². The van der Waals surface area contributed by atoms with E-state index in [-0.39, 0.29) is 11.6 Å². The van der Waals surface area contributed by atoms with E-state index < -0.39 is 17.2 Å². The quantitative estimate of drug-likeness (QED) is 0.928. The van der Waals surface area contributed by atoms with E-state index in [0.717, 1.165) is 4.57 Å². The summed E-state index contributed by atoms with van der Waals surface area (Å²) < 4.78 is 2.20. The van der Waals surface area contributed by atoms with Gasteiger partial charge in [-0.05, 0) is 38.1 Å². The minimum absolute atomic E-state index is 0.227. The topological polar surface area (TPSA) is 87.1 Å². The van der Waals surface area contributed by atoms with E-state index in [1.165, 1.54) is 22.9 Å². The van der Waals surface area contributed by atoms with E-state index in [0.29, 0.717) is 10.7 Å². The van der Waals surface area contributed by atoms with Crippen molar-refractivity contribution in [3.63, 3.8) is 0 Å². The number of nitrogens with zero attached hydrogens (tertiary/aromatic N) is 2. The molecule has 21 heavy (non-hydrogen) atoms. The SMILES string of the molecule is CC(C)n1cc(C(N)=O)c(=O)n(-c2ccc(Cl)cc2)c1=O. The zero-order valence-electron chi connectivity index (χ0n) is 11.5. The Morgan fingerprint density at radius 3 is 2.24 bits per heavy atom. The second-order valence-electron chi connectivity index (χ2n) is 4.81. The lowest BCUT2D eigenvalue weighted by atomic mass is 10.2. The maximum atomic E-state index is 12.4. The van der Waals surface area contributed by atoms with Gasteiger partial charge in [-0.2, -0.15) is 0 Å². The van der Waals surface area contributed by atoms with Crippen LogP contribution in [0, 0.1) is 0 Å². The van der Waals surface area contributed by atoms with Crippen molar-refractivity contribution in [2.45, 2.75) is 19.9 Å². The first kappa shape index (κ1) is 15.1. The third-order valence-electron chi connectivity index (χ3n) is 3.02. The van der Waals surface area contributed by atoms with Gasteiger partial charge in [0, 0.05) is 17.3 Å². The number of carbonyl (C=O) groups is 1. The number of amides is 1. The molecule has 0 radical (unpaired) electrons. The molecule has 0 unspecified atom stereocenters. The minimum atomic E-state index is -0.878. The lowest BCUT2D eigenvalue weighted by Crippen LogP contribution is -2.42. The number of nitrogens with two attached hydrogens (primary N) is 1. The van der Waals surface area contributed by atoms with Crippen LogP contribution < -0.4 is 17.0 Å². The zero-order valence-corrected chi connectivity index (χ0v) is 12.3. The minimum Gasteiger partial charge on any atom is -0.365 e. The third kappa shape index (κ3) is 2.75. The summed E-state index contributed by atoms with van der Waals surface area (Å²) in [6, 6.07) is 5.94. The van der Waals surface area contributed by atoms with Gasteiger partial charge in [0.1, 0.15) is 5.56 Å². The van der Waals surface area contributed by atoms with Crippen molar-refractivity contribution >= 4 is 17.5 Å². The molecule has 0 aliphatic heterocycles. The highest BCUT2D eigenvalue weighted by Gasteiger charge is 2.17. The van der Waals surface area contributed by atoms with Gasteiger partial charge in [0.15, 0.2) is 0 Å². The first-order chi connectivity index (χ1) is 9.82. The average Bonchev–Trinajstić information content (AvgIpc) is 2.40. The van der Waals surface area contributed by atoms with Gasteiger partial charge >= 0.3 is 5.69 Å². The average molecular weight is 308 g/mol. The van der Waals surface area contributed by atoms with Crippen molar-refractivity contribution in [1.82, 2.24) is 9.13 Å². The first-order valence-corrected chi connectivity index (χ1v) is 6.64. The molecule has 2 rings (SSSR count). The van der Waals surface area contributed by atoms with Crippen molar-refractivity contribution in [3.05, 3.63) is 61.9 Å². The third-order valence-corrected chi connectivity index (χ3v) is 3.27. The number of hydrogen-bond acceptors (Lipinski definition) is 3. The highest BCUT2D eigenvalue weighted by Crippen LogP contribution is 2.11. The van der Waals surface area contributed by atoms with Gasteiger partial charge in [0.25, 0.3) is 11.5 Å². The van der Waals surface area contributed by atoms with Crippen molar-refractivity contribution in [1.29, 1.82) is 0 Å². The standard InChI is InChI=1S/C14H14ClN3O3/c1-8(2)17-7-11(12(16)19)13(20)18(14(17)21)10-5-3-9(15)4-6-10/h3-8H,1-2H3,(H2,16,19). The van der Waals surface area contributed by atoms with Crippen molar-refractivity contribution < 1.29 is 4.79 Å². The van der Waals surface area contributed by atoms with E-state index in [2.05, 4.69) is 0 Å². The monoisotopic (exact) mass is 307 g/mol. The molecule has 6 nitrogen and oxygen atoms in total. The Morgan fingerprint density at radius 1 is 1.19 bits per heavy atom. The normalized spacial score (nSPS) is 10.9. The molecule has 1 aromatic carbocycles. The molecule has 0 fully saturated rings. The highest BCUT2D eigenvalue weighted by molar-refractivity contribution is 6.30. The Bertz CT molecular complexity index is 804. The molecule has 7 heteroatoms. The molecule has 110 valence electrons. The molecule has 0 saturated heterocycles. The number of benzene rings is 1. The Balaban J connectivity index is 2.87. The van der Waals surface area contributed by atoms with Crippen LogP contribution in [0.3, 0.4) is 0 Å². The summed E-state index contributed by atoms with van der Waals surface area (Å²) in [4.78, 5) is 36.2. The van der Waals surface area contributed by atoms with Crippen LogP contribution in [0.2, 0.25) is 5.02 Å². The Kier molecular flexibility index (Phi) is 3.99. The summed E-state index contributed by atoms with van der Waals surface area (Å²) in [5, 5.41) is 0.474. The Morgan fingerprint density at radius 2 is 1.76 bits per heavy atom. The summed E-state index contributed by atoms with van der Waals surface area (Å²) in [5.41, 5.74) is 4.02. The van der Waals surface area contributed by atoms with Crippen LogP contribution in [-0.2, 0) is 0 Å². The van der Waals surface area contributed by atoms with Crippen LogP contribution in [-0.4, -0.2) is 15.0 Å². The molecule has 0 atom stereocenters. The van der Waals surface area contributed by atoms with Crippen LogP contribution in [0.4, 0.5) is 0 Å². The number of aromatic nitrogens is 2. The largest absolute Gasteiger partial charge is 0.365 e. The molecule has 0 aliphatic rings. The lowest BCUT2D eigenvalue weighted by molar-refractivity contribution is 0.0997. The van der Waals surface area contributed by atoms with Crippen LogP contribution >= 0.6 is 11.6 Å². The molecule has 1 aromatic heterocycles. The van der Waals surface area contributed by atoms with E-state index in [4.69, 9.17) is 17.3 Å². The lowest BCUT2D eigenvalue weighted by Gasteiger charge is -2.14. The number of rotatable bonds is 3. The summed E-state index contributed by atoms with van der Waals surface area (Å²) in [6.45, 7) is 3.53. The summed E-state index contributed by atoms with van der Waals surface area (Å²) in [5.74, 6) is -0.878. The molecule has 1 amide bonds. The fraction of sp³-hybridized carbons (Fsp3) is 0.214. The predicted octanol–water partition coefficient (Wildman–Crippen LogP) is 1.33. The zero-order chi connectivity index (χ0) is 15.7. The second kappa shape index (κ2) is 5.57. The van der Waals surface area contributed by atoms with Gasteiger partial charge in [-0.15, -0.1) is 0 Å². The van der Waals surface area contributed by atoms with Gasteiger partial charge in [0.05, 0.1) is 5.69 Å². The van der Waals surface area contributed by atoms with Crippen LogP contribution in [0.1, 0.15) is 30.2 Å². The van der Waals surface area contributed by atoms with Crippen LogP contribution in [0.5, 0.6) is 0 Å². The number of primary amides is 1. The smallest absolute Gasteiger partial charge is 0.335 e. The van der Waals surface area contributed by atoms with Crippen LogP contribution in [0.15, 0.2) is 40.1 Å². The van der Waals surface area contributed by atoms with Crippen molar-refractivity contribution in [2.75, 3.05) is 0 Å². The van der Waals surface area contributed by atoms with Crippen molar-refractivity contribution in [2.24, 2.45) is 5.73 Å². The van der Waals surface area contributed by atoms with Crippen LogP contribution in [0.25, 0.3) is 5.69 Å². The highest BCUT2D eigenvalue weighted by atomic mass is 35.5. The number of hydrogen-bond donors (Lipinski definition) is 1. The van der Waals surface area contributed by atoms with Gasteiger partial charge in [-0.1, -0.05) is 11.6 Å². The van der Waals surface area contributed by atoms with E-state index in [9.17, 15) is 14.4 Å². The maximum Gasteiger partial charge on any atom is 0.335 e. The summed E-state index contributed by atoms with van der Waals surface area (Å²) in [6.07, 6.45) is 1.20.